The molecule has 41 heavy (non-hydrogen) atoms. The summed E-state index contributed by atoms with van der Waals surface area (Å²) in [5, 5.41) is 7.48. The Balaban J connectivity index is 1.44. The molecule has 4 nitrogen and oxygen atoms in total. The van der Waals surface area contributed by atoms with Gasteiger partial charge in [-0.25, -0.2) is 4.99 Å². The Bertz CT molecular complexity index is 2510. The molecule has 0 saturated carbocycles. The van der Waals surface area contributed by atoms with E-state index in [2.05, 4.69) is 135 Å². The van der Waals surface area contributed by atoms with Crippen LogP contribution in [0.4, 0.5) is 0 Å². The SMILES string of the molecule is C1=C2N=C(C=c3c4ccccc4c4n3C3n5c1c1ccccc1c5C=C1c5ccccc5C(=[N+]13)C=4)c1ccccc12. The molecular formula is C37H21N4+. The van der Waals surface area contributed by atoms with Crippen LogP contribution < -0.4 is 10.7 Å². The van der Waals surface area contributed by atoms with Gasteiger partial charge in [-0.15, -0.1) is 4.58 Å². The largest absolute Gasteiger partial charge is 0.326 e. The third kappa shape index (κ3) is 2.28. The first-order valence-electron chi connectivity index (χ1n) is 14.2. The van der Waals surface area contributed by atoms with E-state index in [1.807, 2.05) is 0 Å². The number of fused-ring (bicyclic) bond motifs is 13. The molecule has 5 aliphatic heterocycles. The number of aromatic nitrogens is 2. The number of rotatable bonds is 0. The lowest BCUT2D eigenvalue weighted by molar-refractivity contribution is -0.511. The summed E-state index contributed by atoms with van der Waals surface area (Å²) in [4.78, 5) is 5.28. The number of benzene rings is 4. The summed E-state index contributed by atoms with van der Waals surface area (Å²) in [7, 11) is 0. The van der Waals surface area contributed by atoms with Crippen molar-refractivity contribution < 1.29 is 4.58 Å². The van der Waals surface area contributed by atoms with E-state index < -0.39 is 0 Å². The molecule has 2 aromatic heterocycles. The molecule has 0 fully saturated rings. The van der Waals surface area contributed by atoms with Crippen LogP contribution in [0.1, 0.15) is 39.9 Å². The van der Waals surface area contributed by atoms with Crippen molar-refractivity contribution >= 4 is 68.7 Å². The fraction of sp³-hybridized carbons (Fsp3) is 0.0270. The molecule has 4 aromatic carbocycles. The Labute approximate surface area is 234 Å². The number of aliphatic imine (C=N–C) groups is 1. The normalized spacial score (nSPS) is 18.2. The second kappa shape index (κ2) is 6.80. The van der Waals surface area contributed by atoms with Crippen molar-refractivity contribution in [1.82, 2.24) is 9.13 Å². The topological polar surface area (TPSA) is 25.2 Å². The van der Waals surface area contributed by atoms with E-state index >= 15 is 0 Å². The number of nitrogens with zero attached hydrogens (tertiary/aromatic N) is 4. The van der Waals surface area contributed by atoms with Crippen molar-refractivity contribution in [3.63, 3.8) is 0 Å². The lowest BCUT2D eigenvalue weighted by Gasteiger charge is -2.28. The van der Waals surface area contributed by atoms with E-state index in [0.717, 1.165) is 11.4 Å². The minimum absolute atomic E-state index is 0.0912. The predicted molar refractivity (Wildman–Crippen MR) is 166 cm³/mol. The van der Waals surface area contributed by atoms with Crippen LogP contribution in [-0.2, 0) is 0 Å². The van der Waals surface area contributed by atoms with Gasteiger partial charge in [-0.1, -0.05) is 84.9 Å². The van der Waals surface area contributed by atoms with Gasteiger partial charge in [-0.05, 0) is 24.3 Å². The molecule has 0 radical (unpaired) electrons. The maximum absolute atomic E-state index is 5.28. The Morgan fingerprint density at radius 2 is 1.10 bits per heavy atom. The van der Waals surface area contributed by atoms with E-state index in [1.54, 1.807) is 0 Å². The van der Waals surface area contributed by atoms with Gasteiger partial charge in [-0.2, -0.15) is 0 Å². The zero-order valence-corrected chi connectivity index (χ0v) is 21.9. The van der Waals surface area contributed by atoms with Crippen molar-refractivity contribution in [2.24, 2.45) is 4.99 Å². The van der Waals surface area contributed by atoms with E-state index in [0.29, 0.717) is 0 Å². The summed E-state index contributed by atoms with van der Waals surface area (Å²) < 4.78 is 7.67. The molecule has 0 spiro atoms. The minimum Gasteiger partial charge on any atom is -0.263 e. The van der Waals surface area contributed by atoms with Gasteiger partial charge in [0.25, 0.3) is 0 Å². The van der Waals surface area contributed by atoms with Crippen LogP contribution in [0.5, 0.6) is 0 Å². The van der Waals surface area contributed by atoms with Gasteiger partial charge in [-0.3, -0.25) is 9.13 Å². The molecular weight excluding hydrogens is 500 g/mol. The quantitative estimate of drug-likeness (QED) is 0.225. The monoisotopic (exact) mass is 521 g/mol. The first-order valence-corrected chi connectivity index (χ1v) is 14.2. The molecule has 4 heteroatoms. The van der Waals surface area contributed by atoms with Crippen LogP contribution in [0.2, 0.25) is 0 Å². The zero-order chi connectivity index (χ0) is 26.4. The Hall–Kier alpha value is -5.48. The van der Waals surface area contributed by atoms with E-state index in [9.17, 15) is 0 Å². The summed E-state index contributed by atoms with van der Waals surface area (Å²) in [6.07, 6.45) is 9.35. The lowest BCUT2D eigenvalue weighted by Crippen LogP contribution is -2.46. The van der Waals surface area contributed by atoms with E-state index in [4.69, 9.17) is 4.99 Å². The summed E-state index contributed by atoms with van der Waals surface area (Å²) in [6, 6.07) is 35.2. The average Bonchev–Trinajstić information content (AvgIpc) is 3.73. The van der Waals surface area contributed by atoms with Crippen LogP contribution in [0.15, 0.2) is 102 Å². The molecule has 1 atom stereocenters. The van der Waals surface area contributed by atoms with Gasteiger partial charge in [0.2, 0.25) is 11.4 Å². The Morgan fingerprint density at radius 1 is 0.512 bits per heavy atom. The molecule has 7 heterocycles. The van der Waals surface area contributed by atoms with Gasteiger partial charge in [0, 0.05) is 44.8 Å². The fourth-order valence-corrected chi connectivity index (χ4v) is 7.85. The third-order valence-electron chi connectivity index (χ3n) is 9.50. The summed E-state index contributed by atoms with van der Waals surface area (Å²) in [5.41, 5.74) is 12.0. The van der Waals surface area contributed by atoms with Crippen LogP contribution in [0.3, 0.4) is 0 Å². The van der Waals surface area contributed by atoms with Crippen molar-refractivity contribution in [1.29, 1.82) is 0 Å². The van der Waals surface area contributed by atoms with Crippen molar-refractivity contribution in [2.75, 3.05) is 0 Å². The van der Waals surface area contributed by atoms with Gasteiger partial charge in [0.15, 0.2) is 0 Å². The molecule has 2 bridgehead atoms. The maximum Gasteiger partial charge on any atom is 0.326 e. The first-order chi connectivity index (χ1) is 20.3. The van der Waals surface area contributed by atoms with Gasteiger partial charge < -0.3 is 0 Å². The van der Waals surface area contributed by atoms with E-state index in [1.165, 1.54) is 77.3 Å². The highest BCUT2D eigenvalue weighted by Crippen LogP contribution is 2.45. The molecule has 0 N–H and O–H groups in total. The minimum atomic E-state index is -0.0912. The molecule has 188 valence electrons. The predicted octanol–water partition coefficient (Wildman–Crippen LogP) is 5.82. The second-order valence-corrected chi connectivity index (χ2v) is 11.4. The number of hydrogen-bond donors (Lipinski definition) is 0. The third-order valence-corrected chi connectivity index (χ3v) is 9.50. The average molecular weight is 522 g/mol. The molecule has 5 aliphatic rings. The van der Waals surface area contributed by atoms with Crippen molar-refractivity contribution in [3.05, 3.63) is 141 Å². The summed E-state index contributed by atoms with van der Waals surface area (Å²) >= 11 is 0. The maximum atomic E-state index is 5.28. The highest BCUT2D eigenvalue weighted by atomic mass is 15.4. The highest BCUT2D eigenvalue weighted by molar-refractivity contribution is 6.29. The molecule has 11 rings (SSSR count). The molecule has 0 aliphatic carbocycles. The van der Waals surface area contributed by atoms with Gasteiger partial charge in [0.1, 0.15) is 0 Å². The van der Waals surface area contributed by atoms with Crippen LogP contribution >= 0.6 is 0 Å². The standard InChI is InChI=1S/C37H21N4/c1-2-10-22-21(9-1)29-17-31-23-11-3-5-13-25(23)33-19-35-27-15-7-8-16-28(27)36-20-34-26-14-6-4-12-24(26)32(18-30(22)38-29)40(34)37(39(31)33)41(35)36/h1-20,37H/q+1. The lowest BCUT2D eigenvalue weighted by atomic mass is 10.0. The second-order valence-electron chi connectivity index (χ2n) is 11.4. The zero-order valence-electron chi connectivity index (χ0n) is 21.9. The summed E-state index contributed by atoms with van der Waals surface area (Å²) in [6.45, 7) is 0. The van der Waals surface area contributed by atoms with Crippen LogP contribution in [-0.4, -0.2) is 25.1 Å². The molecule has 1 unspecified atom stereocenters. The summed E-state index contributed by atoms with van der Waals surface area (Å²) in [5.74, 6) is 0. The Kier molecular flexibility index (Phi) is 3.39. The van der Waals surface area contributed by atoms with Gasteiger partial charge >= 0.3 is 6.29 Å². The van der Waals surface area contributed by atoms with Gasteiger partial charge in [0.05, 0.1) is 44.6 Å². The molecule has 0 amide bonds. The van der Waals surface area contributed by atoms with Crippen molar-refractivity contribution in [3.8, 4) is 0 Å². The Morgan fingerprint density at radius 3 is 1.85 bits per heavy atom. The molecule has 0 saturated heterocycles. The number of hydrogen-bond acceptors (Lipinski definition) is 1. The molecule has 6 aromatic rings. The smallest absolute Gasteiger partial charge is 0.263 e. The van der Waals surface area contributed by atoms with Crippen molar-refractivity contribution in [2.45, 2.75) is 6.29 Å². The van der Waals surface area contributed by atoms with Crippen LogP contribution in [0, 0.1) is 0 Å². The first kappa shape index (κ1) is 20.4. The van der Waals surface area contributed by atoms with Crippen LogP contribution in [0.25, 0.3) is 57.2 Å². The highest BCUT2D eigenvalue weighted by Gasteiger charge is 2.48. The van der Waals surface area contributed by atoms with E-state index in [-0.39, 0.29) is 6.29 Å². The fourth-order valence-electron chi connectivity index (χ4n) is 7.85.